The van der Waals surface area contributed by atoms with E-state index < -0.39 is 16.4 Å². The molecule has 1 aliphatic rings. The summed E-state index contributed by atoms with van der Waals surface area (Å²) in [6, 6.07) is 12.8. The number of aromatic hydroxyl groups is 1. The summed E-state index contributed by atoms with van der Waals surface area (Å²) in [7, 11) is 0. The molecule has 2 aromatic rings. The normalized spacial score (nSPS) is 14.5. The minimum Gasteiger partial charge on any atom is -0.502 e. The van der Waals surface area contributed by atoms with Gasteiger partial charge in [0.15, 0.2) is 11.6 Å². The van der Waals surface area contributed by atoms with E-state index in [-0.39, 0.29) is 17.1 Å². The van der Waals surface area contributed by atoms with Crippen LogP contribution in [0, 0.1) is 21.4 Å². The fourth-order valence-electron chi connectivity index (χ4n) is 2.26. The van der Waals surface area contributed by atoms with Crippen LogP contribution >= 0.6 is 11.6 Å². The Bertz CT molecular complexity index is 1040. The van der Waals surface area contributed by atoms with E-state index >= 15 is 0 Å². The zero-order valence-corrected chi connectivity index (χ0v) is 13.8. The Labute approximate surface area is 152 Å². The molecule has 0 radical (unpaired) electrons. The smallest absolute Gasteiger partial charge is 0.311 e. The number of hydrogen-bond acceptors (Lipinski definition) is 7. The van der Waals surface area contributed by atoms with E-state index in [1.165, 1.54) is 24.3 Å². The number of nitro benzene ring substituents is 1. The molecule has 0 saturated carbocycles. The van der Waals surface area contributed by atoms with Gasteiger partial charge in [-0.15, -0.1) is 10.2 Å². The Hall–Kier alpha value is -3.70. The number of halogens is 1. The minimum atomic E-state index is -0.694. The quantitative estimate of drug-likeness (QED) is 0.603. The predicted molar refractivity (Wildman–Crippen MR) is 95.3 cm³/mol. The number of nitriles is 1. The Morgan fingerprint density at radius 1 is 1.27 bits per heavy atom. The van der Waals surface area contributed by atoms with Crippen LogP contribution < -0.4 is 5.32 Å². The number of nitrogens with one attached hydrogen (secondary N) is 1. The van der Waals surface area contributed by atoms with E-state index in [1.807, 2.05) is 6.07 Å². The molecule has 0 aliphatic carbocycles. The lowest BCUT2D eigenvalue weighted by Crippen LogP contribution is -1.98. The van der Waals surface area contributed by atoms with Gasteiger partial charge in [0.1, 0.15) is 17.3 Å². The standard InChI is InChI=1S/C17H10ClN5O3/c18-11-2-1-3-12(8-11)20-17-13(9-19)14(21-22-17)6-10-4-5-16(24)15(7-10)23(25)26/h1-8,20,24H. The number of benzene rings is 2. The van der Waals surface area contributed by atoms with Crippen molar-refractivity contribution in [2.24, 2.45) is 10.2 Å². The minimum absolute atomic E-state index is 0.181. The van der Waals surface area contributed by atoms with Gasteiger partial charge in [0, 0.05) is 16.8 Å². The molecule has 0 fully saturated rings. The molecule has 0 atom stereocenters. The van der Waals surface area contributed by atoms with E-state index in [0.29, 0.717) is 16.3 Å². The fraction of sp³-hybridized carbons (Fsp3) is 0. The molecule has 26 heavy (non-hydrogen) atoms. The molecule has 0 bridgehead atoms. The van der Waals surface area contributed by atoms with E-state index in [2.05, 4.69) is 15.5 Å². The number of nitrogens with zero attached hydrogens (tertiary/aromatic N) is 4. The van der Waals surface area contributed by atoms with Crippen molar-refractivity contribution in [3.63, 3.8) is 0 Å². The summed E-state index contributed by atoms with van der Waals surface area (Å²) in [6.07, 6.45) is 1.47. The Morgan fingerprint density at radius 3 is 2.77 bits per heavy atom. The van der Waals surface area contributed by atoms with Crippen molar-refractivity contribution < 1.29 is 10.0 Å². The van der Waals surface area contributed by atoms with E-state index in [0.717, 1.165) is 0 Å². The van der Waals surface area contributed by atoms with Gasteiger partial charge in [-0.1, -0.05) is 23.7 Å². The first-order valence-corrected chi connectivity index (χ1v) is 7.64. The Balaban J connectivity index is 1.94. The molecule has 0 aromatic heterocycles. The highest BCUT2D eigenvalue weighted by molar-refractivity contribution is 6.30. The van der Waals surface area contributed by atoms with Crippen molar-refractivity contribution in [3.8, 4) is 11.8 Å². The van der Waals surface area contributed by atoms with Crippen molar-refractivity contribution >= 4 is 29.1 Å². The third-order valence-corrected chi connectivity index (χ3v) is 3.68. The second-order valence-electron chi connectivity index (χ2n) is 5.21. The number of nitro groups is 1. The van der Waals surface area contributed by atoms with Gasteiger partial charge in [-0.2, -0.15) is 5.26 Å². The lowest BCUT2D eigenvalue weighted by molar-refractivity contribution is -0.385. The van der Waals surface area contributed by atoms with E-state index in [1.54, 1.807) is 24.3 Å². The topological polar surface area (TPSA) is 124 Å². The number of hydrogen-bond donors (Lipinski definition) is 2. The molecule has 0 amide bonds. The monoisotopic (exact) mass is 367 g/mol. The van der Waals surface area contributed by atoms with Crippen LogP contribution in [-0.2, 0) is 0 Å². The SMILES string of the molecule is N#CC1=C(Nc2cccc(Cl)c2)N=NC1=Cc1ccc(O)c([N+](=O)[O-])c1. The first-order valence-electron chi connectivity index (χ1n) is 7.26. The molecule has 2 aromatic carbocycles. The molecule has 2 N–H and O–H groups in total. The zero-order chi connectivity index (χ0) is 18.7. The lowest BCUT2D eigenvalue weighted by Gasteiger charge is -2.04. The second kappa shape index (κ2) is 7.04. The maximum absolute atomic E-state index is 10.9. The van der Waals surface area contributed by atoms with Crippen molar-refractivity contribution in [1.82, 2.24) is 0 Å². The van der Waals surface area contributed by atoms with Crippen molar-refractivity contribution in [1.29, 1.82) is 5.26 Å². The summed E-state index contributed by atoms with van der Waals surface area (Å²) in [5.74, 6) is -0.196. The molecule has 3 rings (SSSR count). The summed E-state index contributed by atoms with van der Waals surface area (Å²) in [5, 5.41) is 41.2. The molecular formula is C17H10ClN5O3. The molecule has 0 saturated heterocycles. The Morgan fingerprint density at radius 2 is 2.08 bits per heavy atom. The van der Waals surface area contributed by atoms with Crippen LogP contribution in [0.3, 0.4) is 0 Å². The molecule has 128 valence electrons. The summed E-state index contributed by atoms with van der Waals surface area (Å²) >= 11 is 5.93. The van der Waals surface area contributed by atoms with Crippen LogP contribution in [0.15, 0.2) is 69.8 Å². The van der Waals surface area contributed by atoms with Gasteiger partial charge in [0.25, 0.3) is 0 Å². The highest BCUT2D eigenvalue weighted by Gasteiger charge is 2.19. The van der Waals surface area contributed by atoms with E-state index in [4.69, 9.17) is 11.6 Å². The molecule has 9 heteroatoms. The van der Waals surface area contributed by atoms with Gasteiger partial charge < -0.3 is 10.4 Å². The van der Waals surface area contributed by atoms with E-state index in [9.17, 15) is 20.5 Å². The molecule has 0 unspecified atom stereocenters. The van der Waals surface area contributed by atoms with Gasteiger partial charge >= 0.3 is 5.69 Å². The van der Waals surface area contributed by atoms with Crippen LogP contribution in [0.4, 0.5) is 11.4 Å². The summed E-state index contributed by atoms with van der Waals surface area (Å²) in [6.45, 7) is 0. The maximum Gasteiger partial charge on any atom is 0.311 e. The Kier molecular flexibility index (Phi) is 4.64. The summed E-state index contributed by atoms with van der Waals surface area (Å²) in [4.78, 5) is 10.2. The van der Waals surface area contributed by atoms with Crippen LogP contribution in [0.5, 0.6) is 5.75 Å². The maximum atomic E-state index is 10.9. The first kappa shape index (κ1) is 17.1. The third kappa shape index (κ3) is 3.53. The number of phenolic OH excluding ortho intramolecular Hbond substituents is 1. The van der Waals surface area contributed by atoms with Crippen LogP contribution in [0.2, 0.25) is 5.02 Å². The zero-order valence-electron chi connectivity index (χ0n) is 13.0. The molecular weight excluding hydrogens is 358 g/mol. The van der Waals surface area contributed by atoms with Crippen molar-refractivity contribution in [2.75, 3.05) is 5.32 Å². The highest BCUT2D eigenvalue weighted by Crippen LogP contribution is 2.31. The van der Waals surface area contributed by atoms with Gasteiger partial charge in [0.05, 0.1) is 4.92 Å². The van der Waals surface area contributed by atoms with Gasteiger partial charge in [0.2, 0.25) is 0 Å². The average Bonchev–Trinajstić information content (AvgIpc) is 2.97. The van der Waals surface area contributed by atoms with Crippen LogP contribution in [-0.4, -0.2) is 10.0 Å². The predicted octanol–water partition coefficient (Wildman–Crippen LogP) is 4.61. The molecule has 0 spiro atoms. The van der Waals surface area contributed by atoms with Crippen molar-refractivity contribution in [2.45, 2.75) is 0 Å². The summed E-state index contributed by atoms with van der Waals surface area (Å²) in [5.41, 5.74) is 1.03. The summed E-state index contributed by atoms with van der Waals surface area (Å²) < 4.78 is 0. The molecule has 1 heterocycles. The second-order valence-corrected chi connectivity index (χ2v) is 5.64. The lowest BCUT2D eigenvalue weighted by atomic mass is 10.1. The van der Waals surface area contributed by atoms with Gasteiger partial charge in [-0.25, -0.2) is 0 Å². The molecule has 8 nitrogen and oxygen atoms in total. The number of azo groups is 1. The van der Waals surface area contributed by atoms with Gasteiger partial charge in [-0.05, 0) is 35.9 Å². The number of anilines is 1. The molecule has 1 aliphatic heterocycles. The number of allylic oxidation sites excluding steroid dienone is 1. The fourth-order valence-corrected chi connectivity index (χ4v) is 2.45. The number of rotatable bonds is 4. The largest absolute Gasteiger partial charge is 0.502 e. The van der Waals surface area contributed by atoms with Crippen LogP contribution in [0.25, 0.3) is 6.08 Å². The third-order valence-electron chi connectivity index (χ3n) is 3.45. The van der Waals surface area contributed by atoms with Gasteiger partial charge in [-0.3, -0.25) is 10.1 Å². The highest BCUT2D eigenvalue weighted by atomic mass is 35.5. The first-order chi connectivity index (χ1) is 12.5. The van der Waals surface area contributed by atoms with Crippen LogP contribution in [0.1, 0.15) is 5.56 Å². The average molecular weight is 368 g/mol. The number of phenols is 1. The van der Waals surface area contributed by atoms with Crippen molar-refractivity contribution in [3.05, 3.63) is 80.3 Å².